The second-order valence-electron chi connectivity index (χ2n) is 5.86. The number of aliphatic hydroxyl groups excluding tert-OH is 1. The van der Waals surface area contributed by atoms with Gasteiger partial charge in [-0.1, -0.05) is 12.2 Å². The predicted octanol–water partition coefficient (Wildman–Crippen LogP) is 0.789. The number of rotatable bonds is 6. The summed E-state index contributed by atoms with van der Waals surface area (Å²) in [6.45, 7) is 4.65. The molecule has 0 unspecified atom stereocenters. The van der Waals surface area contributed by atoms with E-state index in [2.05, 4.69) is 12.2 Å². The fraction of sp³-hybridized carbons (Fsp3) is 0.867. The van der Waals surface area contributed by atoms with Crippen molar-refractivity contribution >= 4 is 0 Å². The van der Waals surface area contributed by atoms with Crippen LogP contribution in [0.2, 0.25) is 0 Å². The van der Waals surface area contributed by atoms with Crippen molar-refractivity contribution in [1.82, 2.24) is 0 Å². The van der Waals surface area contributed by atoms with Crippen LogP contribution in [0.4, 0.5) is 0 Å². The third-order valence-corrected chi connectivity index (χ3v) is 4.13. The second-order valence-corrected chi connectivity index (χ2v) is 5.86. The van der Waals surface area contributed by atoms with E-state index in [4.69, 9.17) is 4.74 Å². The molecule has 0 spiro atoms. The molecule has 1 saturated heterocycles. The van der Waals surface area contributed by atoms with Crippen molar-refractivity contribution in [3.8, 4) is 0 Å². The fourth-order valence-electron chi connectivity index (χ4n) is 3.03. The van der Waals surface area contributed by atoms with Crippen molar-refractivity contribution in [2.75, 3.05) is 32.8 Å². The lowest BCUT2D eigenvalue weighted by Crippen LogP contribution is -3.14. The zero-order valence-corrected chi connectivity index (χ0v) is 11.4. The van der Waals surface area contributed by atoms with Gasteiger partial charge < -0.3 is 14.7 Å². The van der Waals surface area contributed by atoms with E-state index in [9.17, 15) is 5.11 Å². The van der Waals surface area contributed by atoms with Crippen LogP contribution in [0.1, 0.15) is 38.5 Å². The van der Waals surface area contributed by atoms with E-state index in [1.165, 1.54) is 45.2 Å². The standard InChI is InChI=1S/C15H27NO2/c17-15(11-16-9-5-2-6-10-16)13-18-12-14-7-3-1-4-8-14/h1,3,14-15,17H,2,4-13H2/p+1/t14-,15+/m1/s1. The number of hydrogen-bond acceptors (Lipinski definition) is 2. The Bertz CT molecular complexity index is 249. The molecule has 2 N–H and O–H groups in total. The number of piperidine rings is 1. The Morgan fingerprint density at radius 2 is 2.06 bits per heavy atom. The Morgan fingerprint density at radius 1 is 1.22 bits per heavy atom. The maximum Gasteiger partial charge on any atom is 0.126 e. The van der Waals surface area contributed by atoms with Crippen molar-refractivity contribution < 1.29 is 14.7 Å². The van der Waals surface area contributed by atoms with Gasteiger partial charge in [0.25, 0.3) is 0 Å². The van der Waals surface area contributed by atoms with Gasteiger partial charge in [0.1, 0.15) is 12.6 Å². The Morgan fingerprint density at radius 3 is 2.78 bits per heavy atom. The molecule has 2 rings (SSSR count). The number of nitrogens with one attached hydrogen (secondary N) is 1. The molecule has 0 aromatic rings. The van der Waals surface area contributed by atoms with Gasteiger partial charge in [-0.25, -0.2) is 0 Å². The quantitative estimate of drug-likeness (QED) is 0.687. The molecule has 2 aliphatic rings. The van der Waals surface area contributed by atoms with Crippen molar-refractivity contribution in [3.63, 3.8) is 0 Å². The number of hydrogen-bond donors (Lipinski definition) is 2. The first-order chi connectivity index (χ1) is 8.84. The molecular weight excluding hydrogens is 226 g/mol. The van der Waals surface area contributed by atoms with Crippen LogP contribution < -0.4 is 4.90 Å². The predicted molar refractivity (Wildman–Crippen MR) is 72.7 cm³/mol. The average Bonchev–Trinajstić information content (AvgIpc) is 2.41. The van der Waals surface area contributed by atoms with Gasteiger partial charge in [-0.3, -0.25) is 0 Å². The van der Waals surface area contributed by atoms with Gasteiger partial charge in [0.15, 0.2) is 0 Å². The molecule has 3 nitrogen and oxygen atoms in total. The molecule has 3 heteroatoms. The second kappa shape index (κ2) is 7.93. The molecule has 2 atom stereocenters. The summed E-state index contributed by atoms with van der Waals surface area (Å²) in [6.07, 6.45) is 11.8. The lowest BCUT2D eigenvalue weighted by Gasteiger charge is -2.26. The van der Waals surface area contributed by atoms with Crippen LogP contribution in [0.25, 0.3) is 0 Å². The Hall–Kier alpha value is -0.380. The van der Waals surface area contributed by atoms with Gasteiger partial charge in [-0.15, -0.1) is 0 Å². The van der Waals surface area contributed by atoms with Crippen LogP contribution in [0.3, 0.4) is 0 Å². The van der Waals surface area contributed by atoms with Gasteiger partial charge in [0.2, 0.25) is 0 Å². The summed E-state index contributed by atoms with van der Waals surface area (Å²) in [5.74, 6) is 0.671. The lowest BCUT2D eigenvalue weighted by molar-refractivity contribution is -0.908. The molecule has 1 aliphatic heterocycles. The Kier molecular flexibility index (Phi) is 6.18. The van der Waals surface area contributed by atoms with E-state index in [1.807, 2.05) is 0 Å². The first kappa shape index (κ1) is 14.0. The topological polar surface area (TPSA) is 33.9 Å². The van der Waals surface area contributed by atoms with E-state index in [1.54, 1.807) is 4.90 Å². The summed E-state index contributed by atoms with van der Waals surface area (Å²) in [5.41, 5.74) is 0. The highest BCUT2D eigenvalue weighted by Gasteiger charge is 2.18. The molecule has 0 amide bonds. The minimum Gasteiger partial charge on any atom is -0.385 e. The largest absolute Gasteiger partial charge is 0.385 e. The van der Waals surface area contributed by atoms with Crippen molar-refractivity contribution in [2.45, 2.75) is 44.6 Å². The number of allylic oxidation sites excluding steroid dienone is 2. The minimum atomic E-state index is -0.280. The first-order valence-electron chi connectivity index (χ1n) is 7.59. The summed E-state index contributed by atoms with van der Waals surface area (Å²) in [6, 6.07) is 0. The van der Waals surface area contributed by atoms with Gasteiger partial charge in [0.05, 0.1) is 19.7 Å². The minimum absolute atomic E-state index is 0.280. The molecule has 104 valence electrons. The van der Waals surface area contributed by atoms with E-state index in [-0.39, 0.29) is 6.10 Å². The van der Waals surface area contributed by atoms with Crippen LogP contribution in [0, 0.1) is 5.92 Å². The summed E-state index contributed by atoms with van der Waals surface area (Å²) in [5, 5.41) is 9.97. The maximum atomic E-state index is 9.97. The number of aliphatic hydroxyl groups is 1. The highest BCUT2D eigenvalue weighted by molar-refractivity contribution is 4.89. The number of ether oxygens (including phenoxy) is 1. The monoisotopic (exact) mass is 254 g/mol. The van der Waals surface area contributed by atoms with Crippen molar-refractivity contribution in [3.05, 3.63) is 12.2 Å². The molecular formula is C15H28NO2+. The number of likely N-dealkylation sites (tertiary alicyclic amines) is 1. The smallest absolute Gasteiger partial charge is 0.126 e. The van der Waals surface area contributed by atoms with Crippen molar-refractivity contribution in [1.29, 1.82) is 0 Å². The molecule has 0 bridgehead atoms. The van der Waals surface area contributed by atoms with Crippen molar-refractivity contribution in [2.24, 2.45) is 5.92 Å². The maximum absolute atomic E-state index is 9.97. The van der Waals surface area contributed by atoms with Crippen LogP contribution in [-0.4, -0.2) is 44.1 Å². The average molecular weight is 254 g/mol. The summed E-state index contributed by atoms with van der Waals surface area (Å²) in [7, 11) is 0. The molecule has 1 aliphatic carbocycles. The highest BCUT2D eigenvalue weighted by atomic mass is 16.5. The molecule has 0 aromatic carbocycles. The highest BCUT2D eigenvalue weighted by Crippen LogP contribution is 2.18. The third-order valence-electron chi connectivity index (χ3n) is 4.13. The Balaban J connectivity index is 1.53. The normalized spacial score (nSPS) is 27.3. The number of quaternary nitrogens is 1. The molecule has 0 aromatic heterocycles. The summed E-state index contributed by atoms with van der Waals surface area (Å²) in [4.78, 5) is 1.55. The van der Waals surface area contributed by atoms with Gasteiger partial charge in [0, 0.05) is 6.61 Å². The summed E-state index contributed by atoms with van der Waals surface area (Å²) >= 11 is 0. The lowest BCUT2D eigenvalue weighted by atomic mass is 9.95. The molecule has 0 saturated carbocycles. The van der Waals surface area contributed by atoms with E-state index in [0.29, 0.717) is 12.5 Å². The van der Waals surface area contributed by atoms with Crippen LogP contribution in [0.5, 0.6) is 0 Å². The van der Waals surface area contributed by atoms with Crippen LogP contribution in [-0.2, 0) is 4.74 Å². The van der Waals surface area contributed by atoms with Crippen LogP contribution in [0.15, 0.2) is 12.2 Å². The SMILES string of the molecule is O[C@H](COC[C@@H]1CC=CCC1)C[NH+]1CCCCC1. The molecule has 1 heterocycles. The fourth-order valence-corrected chi connectivity index (χ4v) is 3.03. The Labute approximate surface area is 111 Å². The zero-order valence-electron chi connectivity index (χ0n) is 11.4. The van der Waals surface area contributed by atoms with Gasteiger partial charge in [-0.2, -0.15) is 0 Å². The van der Waals surface area contributed by atoms with Gasteiger partial charge in [-0.05, 0) is 44.4 Å². The van der Waals surface area contributed by atoms with E-state index < -0.39 is 0 Å². The molecule has 1 fully saturated rings. The zero-order chi connectivity index (χ0) is 12.6. The van der Waals surface area contributed by atoms with E-state index >= 15 is 0 Å². The molecule has 0 radical (unpaired) electrons. The van der Waals surface area contributed by atoms with Gasteiger partial charge >= 0.3 is 0 Å². The third kappa shape index (κ3) is 5.09. The van der Waals surface area contributed by atoms with E-state index in [0.717, 1.165) is 19.6 Å². The molecule has 18 heavy (non-hydrogen) atoms. The van der Waals surface area contributed by atoms with Crippen LogP contribution >= 0.6 is 0 Å². The summed E-state index contributed by atoms with van der Waals surface area (Å²) < 4.78 is 5.68. The first-order valence-corrected chi connectivity index (χ1v) is 7.59.